The number of ether oxygens (including phenoxy) is 1. The second-order valence-electron chi connectivity index (χ2n) is 5.03. The monoisotopic (exact) mass is 255 g/mol. The predicted molar refractivity (Wildman–Crippen MR) is 68.7 cm³/mol. The molecule has 0 heterocycles. The number of phenols is 1. The number of halogens is 1. The van der Waals surface area contributed by atoms with E-state index in [0.29, 0.717) is 22.7 Å². The molecule has 3 nitrogen and oxygen atoms in total. The van der Waals surface area contributed by atoms with Crippen molar-refractivity contribution in [1.29, 1.82) is 0 Å². The first kappa shape index (κ1) is 12.5. The van der Waals surface area contributed by atoms with Crippen molar-refractivity contribution in [3.63, 3.8) is 0 Å². The lowest BCUT2D eigenvalue weighted by Crippen LogP contribution is -2.21. The molecule has 1 aliphatic carbocycles. The number of phenolic OH excluding ortho intramolecular Hbond substituents is 1. The zero-order valence-electron chi connectivity index (χ0n) is 10.2. The number of hydrogen-bond donors (Lipinski definition) is 2. The highest BCUT2D eigenvalue weighted by molar-refractivity contribution is 6.30. The van der Waals surface area contributed by atoms with E-state index in [0.717, 1.165) is 12.1 Å². The Kier molecular flexibility index (Phi) is 3.50. The van der Waals surface area contributed by atoms with E-state index in [1.54, 1.807) is 12.1 Å². The van der Waals surface area contributed by atoms with Gasteiger partial charge in [0.1, 0.15) is 0 Å². The largest absolute Gasteiger partial charge is 0.504 e. The predicted octanol–water partition coefficient (Wildman–Crippen LogP) is 2.94. The SMILES string of the molecule is COc1cc(Cl)cc(CNCC2(C)CC2)c1O. The van der Waals surface area contributed by atoms with Crippen LogP contribution in [0, 0.1) is 5.41 Å². The van der Waals surface area contributed by atoms with Crippen molar-refractivity contribution in [3.8, 4) is 11.5 Å². The lowest BCUT2D eigenvalue weighted by Gasteiger charge is -2.13. The van der Waals surface area contributed by atoms with Crippen molar-refractivity contribution >= 4 is 11.6 Å². The summed E-state index contributed by atoms with van der Waals surface area (Å²) in [4.78, 5) is 0. The van der Waals surface area contributed by atoms with Crippen LogP contribution in [-0.4, -0.2) is 18.8 Å². The van der Waals surface area contributed by atoms with Crippen molar-refractivity contribution in [2.75, 3.05) is 13.7 Å². The first-order valence-electron chi connectivity index (χ1n) is 5.80. The fourth-order valence-corrected chi connectivity index (χ4v) is 2.04. The number of methoxy groups -OCH3 is 1. The summed E-state index contributed by atoms with van der Waals surface area (Å²) in [6.45, 7) is 3.85. The summed E-state index contributed by atoms with van der Waals surface area (Å²) in [6, 6.07) is 3.38. The van der Waals surface area contributed by atoms with Crippen LogP contribution in [0.2, 0.25) is 5.02 Å². The Bertz CT molecular complexity index is 416. The van der Waals surface area contributed by atoms with Crippen molar-refractivity contribution in [2.45, 2.75) is 26.3 Å². The van der Waals surface area contributed by atoms with Gasteiger partial charge < -0.3 is 15.2 Å². The summed E-state index contributed by atoms with van der Waals surface area (Å²) < 4.78 is 5.06. The van der Waals surface area contributed by atoms with Gasteiger partial charge in [-0.2, -0.15) is 0 Å². The standard InChI is InChI=1S/C13H18ClNO2/c1-13(3-4-13)8-15-7-9-5-10(14)6-11(17-2)12(9)16/h5-6,15-16H,3-4,7-8H2,1-2H3. The van der Waals surface area contributed by atoms with Crippen LogP contribution in [0.1, 0.15) is 25.3 Å². The molecule has 1 aliphatic rings. The van der Waals surface area contributed by atoms with E-state index in [-0.39, 0.29) is 5.75 Å². The van der Waals surface area contributed by atoms with Gasteiger partial charge in [-0.05, 0) is 24.3 Å². The summed E-state index contributed by atoms with van der Waals surface area (Å²) >= 11 is 5.96. The normalized spacial score (nSPS) is 16.9. The van der Waals surface area contributed by atoms with Gasteiger partial charge in [0.2, 0.25) is 0 Å². The molecule has 2 rings (SSSR count). The summed E-state index contributed by atoms with van der Waals surface area (Å²) in [5.41, 5.74) is 1.23. The second-order valence-corrected chi connectivity index (χ2v) is 5.47. The fraction of sp³-hybridized carbons (Fsp3) is 0.538. The molecule has 0 aromatic heterocycles. The summed E-state index contributed by atoms with van der Waals surface area (Å²) in [7, 11) is 1.52. The third-order valence-corrected chi connectivity index (χ3v) is 3.53. The molecule has 1 aromatic rings. The molecule has 0 atom stereocenters. The Morgan fingerprint density at radius 1 is 1.47 bits per heavy atom. The molecule has 0 spiro atoms. The Morgan fingerprint density at radius 3 is 2.76 bits per heavy atom. The first-order valence-corrected chi connectivity index (χ1v) is 6.18. The molecule has 0 bridgehead atoms. The summed E-state index contributed by atoms with van der Waals surface area (Å²) in [5, 5.41) is 13.9. The van der Waals surface area contributed by atoms with Crippen LogP contribution in [0.15, 0.2) is 12.1 Å². The maximum absolute atomic E-state index is 9.93. The Balaban J connectivity index is 2.01. The van der Waals surface area contributed by atoms with Crippen LogP contribution in [0.4, 0.5) is 0 Å². The van der Waals surface area contributed by atoms with Gasteiger partial charge in [-0.15, -0.1) is 0 Å². The first-order chi connectivity index (χ1) is 8.04. The highest BCUT2D eigenvalue weighted by Gasteiger charge is 2.36. The van der Waals surface area contributed by atoms with E-state index in [1.165, 1.54) is 20.0 Å². The zero-order valence-corrected chi connectivity index (χ0v) is 11.0. The smallest absolute Gasteiger partial charge is 0.162 e. The maximum atomic E-state index is 9.93. The van der Waals surface area contributed by atoms with Crippen molar-refractivity contribution in [2.24, 2.45) is 5.41 Å². The molecule has 1 saturated carbocycles. The lowest BCUT2D eigenvalue weighted by atomic mass is 10.1. The van der Waals surface area contributed by atoms with Crippen LogP contribution >= 0.6 is 11.6 Å². The van der Waals surface area contributed by atoms with Crippen LogP contribution in [0.3, 0.4) is 0 Å². The number of aromatic hydroxyl groups is 1. The van der Waals surface area contributed by atoms with Gasteiger partial charge in [0.25, 0.3) is 0 Å². The average Bonchev–Trinajstić information content (AvgIpc) is 3.01. The van der Waals surface area contributed by atoms with E-state index >= 15 is 0 Å². The number of hydrogen-bond acceptors (Lipinski definition) is 3. The van der Waals surface area contributed by atoms with Gasteiger partial charge in [0.15, 0.2) is 11.5 Å². The molecule has 0 aliphatic heterocycles. The number of benzene rings is 1. The minimum atomic E-state index is 0.172. The highest BCUT2D eigenvalue weighted by atomic mass is 35.5. The molecular weight excluding hydrogens is 238 g/mol. The Morgan fingerprint density at radius 2 is 2.18 bits per heavy atom. The van der Waals surface area contributed by atoms with Crippen LogP contribution < -0.4 is 10.1 Å². The third kappa shape index (κ3) is 3.05. The van der Waals surface area contributed by atoms with Crippen LogP contribution in [0.5, 0.6) is 11.5 Å². The fourth-order valence-electron chi connectivity index (χ4n) is 1.81. The molecule has 1 aromatic carbocycles. The topological polar surface area (TPSA) is 41.5 Å². The second kappa shape index (κ2) is 4.75. The lowest BCUT2D eigenvalue weighted by molar-refractivity contribution is 0.369. The molecule has 0 unspecified atom stereocenters. The minimum absolute atomic E-state index is 0.172. The van der Waals surface area contributed by atoms with Gasteiger partial charge >= 0.3 is 0 Å². The molecule has 4 heteroatoms. The van der Waals surface area contributed by atoms with Crippen molar-refractivity contribution in [1.82, 2.24) is 5.32 Å². The highest BCUT2D eigenvalue weighted by Crippen LogP contribution is 2.44. The molecular formula is C13H18ClNO2. The molecule has 0 saturated heterocycles. The number of nitrogens with one attached hydrogen (secondary N) is 1. The molecule has 0 radical (unpaired) electrons. The van der Waals surface area contributed by atoms with E-state index in [4.69, 9.17) is 16.3 Å². The van der Waals surface area contributed by atoms with Gasteiger partial charge in [-0.1, -0.05) is 18.5 Å². The zero-order chi connectivity index (χ0) is 12.5. The van der Waals surface area contributed by atoms with E-state index in [1.807, 2.05) is 0 Å². The molecule has 1 fully saturated rings. The Labute approximate surface area is 107 Å². The van der Waals surface area contributed by atoms with E-state index in [2.05, 4.69) is 12.2 Å². The summed E-state index contributed by atoms with van der Waals surface area (Å²) in [6.07, 6.45) is 2.57. The molecule has 2 N–H and O–H groups in total. The minimum Gasteiger partial charge on any atom is -0.504 e. The molecule has 0 amide bonds. The van der Waals surface area contributed by atoms with E-state index < -0.39 is 0 Å². The third-order valence-electron chi connectivity index (χ3n) is 3.31. The van der Waals surface area contributed by atoms with Gasteiger partial charge in [0, 0.05) is 29.7 Å². The quantitative estimate of drug-likeness (QED) is 0.850. The average molecular weight is 256 g/mol. The van der Waals surface area contributed by atoms with Crippen molar-refractivity contribution in [3.05, 3.63) is 22.7 Å². The van der Waals surface area contributed by atoms with Crippen LogP contribution in [-0.2, 0) is 6.54 Å². The molecule has 94 valence electrons. The van der Waals surface area contributed by atoms with Gasteiger partial charge in [-0.25, -0.2) is 0 Å². The summed E-state index contributed by atoms with van der Waals surface area (Å²) in [5.74, 6) is 0.595. The van der Waals surface area contributed by atoms with E-state index in [9.17, 15) is 5.11 Å². The maximum Gasteiger partial charge on any atom is 0.162 e. The molecule has 17 heavy (non-hydrogen) atoms. The van der Waals surface area contributed by atoms with Crippen molar-refractivity contribution < 1.29 is 9.84 Å². The Hall–Kier alpha value is -0.930. The van der Waals surface area contributed by atoms with Gasteiger partial charge in [0.05, 0.1) is 7.11 Å². The van der Waals surface area contributed by atoms with Gasteiger partial charge in [-0.3, -0.25) is 0 Å². The number of rotatable bonds is 5. The van der Waals surface area contributed by atoms with Crippen LogP contribution in [0.25, 0.3) is 0 Å².